The molecule has 6 nitrogen and oxygen atoms in total. The van der Waals surface area contributed by atoms with Gasteiger partial charge < -0.3 is 30.4 Å². The van der Waals surface area contributed by atoms with Gasteiger partial charge in [-0.15, -0.1) is 0 Å². The van der Waals surface area contributed by atoms with E-state index in [1.54, 1.807) is 14.2 Å². The van der Waals surface area contributed by atoms with Gasteiger partial charge in [0.25, 0.3) is 0 Å². The molecule has 32 heavy (non-hydrogen) atoms. The van der Waals surface area contributed by atoms with Crippen LogP contribution in [0.15, 0.2) is 36.4 Å². The molecule has 0 heterocycles. The first-order chi connectivity index (χ1) is 15.7. The Kier molecular flexibility index (Phi) is 12.4. The van der Waals surface area contributed by atoms with Crippen LogP contribution in [0.1, 0.15) is 62.5 Å². The highest BCUT2D eigenvalue weighted by molar-refractivity contribution is 5.43. The Morgan fingerprint density at radius 2 is 0.906 bits per heavy atom. The number of methoxy groups -OCH3 is 2. The second-order valence-electron chi connectivity index (χ2n) is 7.90. The number of ether oxygens (including phenoxy) is 4. The van der Waals surface area contributed by atoms with E-state index in [1.165, 1.54) is 38.5 Å². The topological polar surface area (TPSA) is 89.0 Å². The lowest BCUT2D eigenvalue weighted by Crippen LogP contribution is -2.02. The van der Waals surface area contributed by atoms with Crippen LogP contribution in [0.5, 0.6) is 23.0 Å². The van der Waals surface area contributed by atoms with Crippen molar-refractivity contribution in [1.29, 1.82) is 0 Å². The first-order valence-electron chi connectivity index (χ1n) is 11.7. The first kappa shape index (κ1) is 25.8. The Bertz CT molecular complexity index is 717. The van der Waals surface area contributed by atoms with Crippen molar-refractivity contribution in [3.05, 3.63) is 47.5 Å². The molecule has 2 aromatic rings. The lowest BCUT2D eigenvalue weighted by Gasteiger charge is -2.12. The van der Waals surface area contributed by atoms with E-state index in [9.17, 15) is 0 Å². The van der Waals surface area contributed by atoms with E-state index in [0.29, 0.717) is 26.3 Å². The summed E-state index contributed by atoms with van der Waals surface area (Å²) in [5.74, 6) is 3.09. The largest absolute Gasteiger partial charge is 0.493 e. The Morgan fingerprint density at radius 3 is 1.25 bits per heavy atom. The molecular weight excluding hydrogens is 404 g/mol. The summed E-state index contributed by atoms with van der Waals surface area (Å²) in [5, 5.41) is 0. The van der Waals surface area contributed by atoms with Crippen molar-refractivity contribution in [3.63, 3.8) is 0 Å². The third-order valence-electron chi connectivity index (χ3n) is 5.48. The number of benzene rings is 2. The third-order valence-corrected chi connectivity index (χ3v) is 5.48. The number of unbranched alkanes of at least 4 members (excludes halogenated alkanes) is 7. The maximum atomic E-state index is 5.87. The van der Waals surface area contributed by atoms with Gasteiger partial charge in [-0.1, -0.05) is 50.7 Å². The molecule has 0 saturated heterocycles. The van der Waals surface area contributed by atoms with Gasteiger partial charge in [0.15, 0.2) is 23.0 Å². The van der Waals surface area contributed by atoms with Crippen molar-refractivity contribution in [2.75, 3.05) is 27.4 Å². The number of rotatable bonds is 17. The molecule has 0 saturated carbocycles. The molecule has 4 N–H and O–H groups in total. The predicted molar refractivity (Wildman–Crippen MR) is 130 cm³/mol. The summed E-state index contributed by atoms with van der Waals surface area (Å²) in [5.41, 5.74) is 13.4. The molecule has 0 atom stereocenters. The molecule has 178 valence electrons. The maximum absolute atomic E-state index is 5.87. The highest BCUT2D eigenvalue weighted by Gasteiger charge is 2.06. The fourth-order valence-corrected chi connectivity index (χ4v) is 3.55. The standard InChI is InChI=1S/C26H40N2O4/c1-29-25-17-21(19-27)11-13-23(25)31-15-9-7-5-3-4-6-8-10-16-32-24-14-12-22(20-28)18-26(24)30-2/h11-14,17-18H,3-10,15-16,19-20,27-28H2,1-2H3. The fourth-order valence-electron chi connectivity index (χ4n) is 3.55. The molecule has 2 aromatic carbocycles. The Balaban J connectivity index is 1.47. The number of nitrogens with two attached hydrogens (primary N) is 2. The summed E-state index contributed by atoms with van der Waals surface area (Å²) < 4.78 is 22.5. The van der Waals surface area contributed by atoms with Crippen LogP contribution in [0.2, 0.25) is 0 Å². The van der Waals surface area contributed by atoms with Crippen molar-refractivity contribution < 1.29 is 18.9 Å². The average Bonchev–Trinajstić information content (AvgIpc) is 2.84. The van der Waals surface area contributed by atoms with E-state index in [4.69, 9.17) is 30.4 Å². The van der Waals surface area contributed by atoms with E-state index in [1.807, 2.05) is 36.4 Å². The molecule has 0 aromatic heterocycles. The van der Waals surface area contributed by atoms with Crippen molar-refractivity contribution in [2.45, 2.75) is 64.5 Å². The number of hydrogen-bond acceptors (Lipinski definition) is 6. The van der Waals surface area contributed by atoms with Crippen LogP contribution < -0.4 is 30.4 Å². The monoisotopic (exact) mass is 444 g/mol. The molecule has 0 unspecified atom stereocenters. The van der Waals surface area contributed by atoms with Crippen LogP contribution in [0.25, 0.3) is 0 Å². The van der Waals surface area contributed by atoms with Gasteiger partial charge in [0.2, 0.25) is 0 Å². The minimum absolute atomic E-state index is 0.501. The summed E-state index contributed by atoms with van der Waals surface area (Å²) in [6.45, 7) is 2.43. The van der Waals surface area contributed by atoms with Crippen LogP contribution in [-0.2, 0) is 13.1 Å². The molecule has 0 amide bonds. The summed E-state index contributed by atoms with van der Waals surface area (Å²) >= 11 is 0. The highest BCUT2D eigenvalue weighted by Crippen LogP contribution is 2.29. The van der Waals surface area contributed by atoms with Gasteiger partial charge in [-0.05, 0) is 48.2 Å². The van der Waals surface area contributed by atoms with Crippen LogP contribution in [0.4, 0.5) is 0 Å². The van der Waals surface area contributed by atoms with E-state index < -0.39 is 0 Å². The minimum atomic E-state index is 0.501. The van der Waals surface area contributed by atoms with Crippen LogP contribution in [-0.4, -0.2) is 27.4 Å². The molecule has 0 aliphatic carbocycles. The SMILES string of the molecule is COc1cc(CN)ccc1OCCCCCCCCCCOc1ccc(CN)cc1OC. The Labute approximate surface area is 193 Å². The lowest BCUT2D eigenvalue weighted by molar-refractivity contribution is 0.282. The summed E-state index contributed by atoms with van der Waals surface area (Å²) in [6.07, 6.45) is 9.51. The van der Waals surface area contributed by atoms with E-state index in [2.05, 4.69) is 0 Å². The van der Waals surface area contributed by atoms with Crippen LogP contribution >= 0.6 is 0 Å². The number of hydrogen-bond donors (Lipinski definition) is 2. The average molecular weight is 445 g/mol. The lowest BCUT2D eigenvalue weighted by atomic mass is 10.1. The third kappa shape index (κ3) is 8.97. The normalized spacial score (nSPS) is 10.8. The smallest absolute Gasteiger partial charge is 0.161 e. The summed E-state index contributed by atoms with van der Waals surface area (Å²) in [7, 11) is 3.32. The maximum Gasteiger partial charge on any atom is 0.161 e. The molecule has 0 bridgehead atoms. The van der Waals surface area contributed by atoms with Gasteiger partial charge in [0, 0.05) is 13.1 Å². The molecule has 0 aliphatic heterocycles. The summed E-state index contributed by atoms with van der Waals surface area (Å²) in [4.78, 5) is 0. The van der Waals surface area contributed by atoms with Gasteiger partial charge in [0.05, 0.1) is 27.4 Å². The van der Waals surface area contributed by atoms with Crippen LogP contribution in [0, 0.1) is 0 Å². The molecule has 0 radical (unpaired) electrons. The summed E-state index contributed by atoms with van der Waals surface area (Å²) in [6, 6.07) is 11.7. The molecular formula is C26H40N2O4. The molecule has 0 aliphatic rings. The van der Waals surface area contributed by atoms with Gasteiger partial charge in [0.1, 0.15) is 0 Å². The molecule has 0 fully saturated rings. The van der Waals surface area contributed by atoms with Gasteiger partial charge >= 0.3 is 0 Å². The van der Waals surface area contributed by atoms with Crippen molar-refractivity contribution in [2.24, 2.45) is 11.5 Å². The van der Waals surface area contributed by atoms with Gasteiger partial charge in [-0.3, -0.25) is 0 Å². The predicted octanol–water partition coefficient (Wildman–Crippen LogP) is 5.20. The molecule has 0 spiro atoms. The minimum Gasteiger partial charge on any atom is -0.493 e. The zero-order chi connectivity index (χ0) is 23.0. The zero-order valence-electron chi connectivity index (χ0n) is 19.7. The van der Waals surface area contributed by atoms with Gasteiger partial charge in [-0.25, -0.2) is 0 Å². The van der Waals surface area contributed by atoms with E-state index in [-0.39, 0.29) is 0 Å². The highest BCUT2D eigenvalue weighted by atomic mass is 16.5. The quantitative estimate of drug-likeness (QED) is 0.326. The zero-order valence-corrected chi connectivity index (χ0v) is 19.7. The first-order valence-corrected chi connectivity index (χ1v) is 11.7. The second-order valence-corrected chi connectivity index (χ2v) is 7.90. The van der Waals surface area contributed by atoms with Crippen molar-refractivity contribution in [3.8, 4) is 23.0 Å². The van der Waals surface area contributed by atoms with Crippen molar-refractivity contribution >= 4 is 0 Å². The van der Waals surface area contributed by atoms with Gasteiger partial charge in [-0.2, -0.15) is 0 Å². The second kappa shape index (κ2) is 15.4. The van der Waals surface area contributed by atoms with E-state index in [0.717, 1.165) is 47.0 Å². The Morgan fingerprint density at radius 1 is 0.531 bits per heavy atom. The molecule has 2 rings (SSSR count). The fraction of sp³-hybridized carbons (Fsp3) is 0.538. The van der Waals surface area contributed by atoms with Crippen LogP contribution in [0.3, 0.4) is 0 Å². The molecule has 6 heteroatoms. The van der Waals surface area contributed by atoms with E-state index >= 15 is 0 Å². The Hall–Kier alpha value is -2.44. The van der Waals surface area contributed by atoms with Crippen molar-refractivity contribution in [1.82, 2.24) is 0 Å².